The minimum absolute atomic E-state index is 0.0723. The third-order valence-corrected chi connectivity index (χ3v) is 4.73. The molecule has 1 atom stereocenters. The van der Waals surface area contributed by atoms with Crippen molar-refractivity contribution in [3.05, 3.63) is 48.0 Å². The van der Waals surface area contributed by atoms with Crippen LogP contribution in [0.25, 0.3) is 10.8 Å². The summed E-state index contributed by atoms with van der Waals surface area (Å²) in [6, 6.07) is 11.5. The summed E-state index contributed by atoms with van der Waals surface area (Å²) in [6.07, 6.45) is -0.524. The zero-order valence-corrected chi connectivity index (χ0v) is 13.5. The number of carboxylic acids is 1. The summed E-state index contributed by atoms with van der Waals surface area (Å²) in [6.45, 7) is 0. The fourth-order valence-electron chi connectivity index (χ4n) is 3.24. The summed E-state index contributed by atoms with van der Waals surface area (Å²) in [7, 11) is 0. The van der Waals surface area contributed by atoms with Gasteiger partial charge in [-0.25, -0.2) is 13.6 Å². The van der Waals surface area contributed by atoms with Crippen LogP contribution in [0.3, 0.4) is 0 Å². The largest absolute Gasteiger partial charge is 0.479 e. The van der Waals surface area contributed by atoms with Crippen molar-refractivity contribution in [3.8, 4) is 0 Å². The van der Waals surface area contributed by atoms with E-state index in [4.69, 9.17) is 0 Å². The van der Waals surface area contributed by atoms with Gasteiger partial charge in [0.1, 0.15) is 0 Å². The van der Waals surface area contributed by atoms with Crippen molar-refractivity contribution < 1.29 is 23.5 Å². The van der Waals surface area contributed by atoms with E-state index < -0.39 is 29.8 Å². The van der Waals surface area contributed by atoms with E-state index in [-0.39, 0.29) is 25.7 Å². The van der Waals surface area contributed by atoms with Crippen molar-refractivity contribution in [1.29, 1.82) is 0 Å². The highest BCUT2D eigenvalue weighted by molar-refractivity contribution is 5.88. The lowest BCUT2D eigenvalue weighted by atomic mass is 9.86. The lowest BCUT2D eigenvalue weighted by Crippen LogP contribution is -2.40. The van der Waals surface area contributed by atoms with Crippen LogP contribution in [0, 0.1) is 5.92 Å². The highest BCUT2D eigenvalue weighted by Crippen LogP contribution is 2.36. The molecule has 0 heterocycles. The van der Waals surface area contributed by atoms with Gasteiger partial charge in [-0.15, -0.1) is 0 Å². The number of rotatable bonds is 4. The summed E-state index contributed by atoms with van der Waals surface area (Å²) < 4.78 is 26.4. The fraction of sp³-hybridized carbons (Fsp3) is 0.368. The lowest BCUT2D eigenvalue weighted by Gasteiger charge is -2.28. The van der Waals surface area contributed by atoms with Crippen LogP contribution in [0.1, 0.15) is 37.3 Å². The molecule has 2 aromatic carbocycles. The van der Waals surface area contributed by atoms with Crippen LogP contribution >= 0.6 is 0 Å². The molecule has 1 unspecified atom stereocenters. The number of nitrogens with one attached hydrogen (secondary N) is 1. The predicted octanol–water partition coefficient (Wildman–Crippen LogP) is 3.91. The number of halogens is 2. The van der Waals surface area contributed by atoms with Crippen molar-refractivity contribution in [2.24, 2.45) is 5.92 Å². The maximum Gasteiger partial charge on any atom is 0.330 e. The Morgan fingerprint density at radius 1 is 1.08 bits per heavy atom. The number of carbonyl (C=O) groups is 2. The molecule has 25 heavy (non-hydrogen) atoms. The Balaban J connectivity index is 1.76. The molecule has 0 saturated heterocycles. The van der Waals surface area contributed by atoms with Gasteiger partial charge in [-0.1, -0.05) is 36.4 Å². The summed E-state index contributed by atoms with van der Waals surface area (Å²) in [4.78, 5) is 24.0. The molecule has 6 heteroatoms. The average Bonchev–Trinajstić information content (AvgIpc) is 2.58. The molecule has 0 radical (unpaired) electrons. The van der Waals surface area contributed by atoms with Crippen molar-refractivity contribution >= 4 is 22.6 Å². The summed E-state index contributed by atoms with van der Waals surface area (Å²) in [5.74, 6) is -4.94. The number of carbonyl (C=O) groups excluding carboxylic acids is 1. The Kier molecular flexibility index (Phi) is 4.70. The number of carboxylic acid groups (broad SMARTS) is 1. The van der Waals surface area contributed by atoms with Crippen molar-refractivity contribution in [2.75, 3.05) is 0 Å². The molecule has 3 rings (SSSR count). The molecular formula is C19H19F2NO3. The monoisotopic (exact) mass is 347 g/mol. The van der Waals surface area contributed by atoms with E-state index in [2.05, 4.69) is 5.32 Å². The molecule has 1 amide bonds. The van der Waals surface area contributed by atoms with Gasteiger partial charge in [0.15, 0.2) is 6.04 Å². The van der Waals surface area contributed by atoms with E-state index in [0.717, 1.165) is 10.8 Å². The predicted molar refractivity (Wildman–Crippen MR) is 89.4 cm³/mol. The first-order chi connectivity index (χ1) is 11.9. The summed E-state index contributed by atoms with van der Waals surface area (Å²) >= 11 is 0. The van der Waals surface area contributed by atoms with Crippen LogP contribution in [-0.4, -0.2) is 22.9 Å². The minimum Gasteiger partial charge on any atom is -0.479 e. The first kappa shape index (κ1) is 17.3. The van der Waals surface area contributed by atoms with E-state index >= 15 is 0 Å². The van der Waals surface area contributed by atoms with Crippen LogP contribution < -0.4 is 5.32 Å². The Morgan fingerprint density at radius 2 is 1.72 bits per heavy atom. The number of alkyl halides is 2. The molecule has 0 aliphatic heterocycles. The van der Waals surface area contributed by atoms with Gasteiger partial charge in [0.25, 0.3) is 0 Å². The maximum absolute atomic E-state index is 13.2. The lowest BCUT2D eigenvalue weighted by molar-refractivity contribution is -0.143. The molecule has 0 spiro atoms. The van der Waals surface area contributed by atoms with E-state index in [1.54, 1.807) is 18.2 Å². The molecule has 0 bridgehead atoms. The number of hydrogen-bond donors (Lipinski definition) is 2. The zero-order valence-electron chi connectivity index (χ0n) is 13.5. The van der Waals surface area contributed by atoms with Crippen molar-refractivity contribution in [1.82, 2.24) is 5.32 Å². The molecule has 2 aromatic rings. The van der Waals surface area contributed by atoms with E-state index in [0.29, 0.717) is 5.56 Å². The quantitative estimate of drug-likeness (QED) is 0.881. The van der Waals surface area contributed by atoms with Gasteiger partial charge >= 0.3 is 5.97 Å². The first-order valence-corrected chi connectivity index (χ1v) is 8.25. The fourth-order valence-corrected chi connectivity index (χ4v) is 3.24. The van der Waals surface area contributed by atoms with Gasteiger partial charge in [-0.2, -0.15) is 0 Å². The Morgan fingerprint density at radius 3 is 2.36 bits per heavy atom. The van der Waals surface area contributed by atoms with E-state index in [1.807, 2.05) is 24.3 Å². The van der Waals surface area contributed by atoms with Gasteiger partial charge in [0.2, 0.25) is 11.8 Å². The molecule has 0 aromatic heterocycles. The molecule has 132 valence electrons. The zero-order chi connectivity index (χ0) is 18.0. The molecule has 4 nitrogen and oxygen atoms in total. The second-order valence-electron chi connectivity index (χ2n) is 6.52. The molecule has 2 N–H and O–H groups in total. The molecule has 1 aliphatic rings. The van der Waals surface area contributed by atoms with Gasteiger partial charge in [-0.3, -0.25) is 4.79 Å². The highest BCUT2D eigenvalue weighted by atomic mass is 19.3. The van der Waals surface area contributed by atoms with E-state index in [9.17, 15) is 23.5 Å². The van der Waals surface area contributed by atoms with Gasteiger partial charge < -0.3 is 10.4 Å². The molecule has 1 saturated carbocycles. The SMILES string of the molecule is O=C(NC(C(=O)O)c1ccc2ccccc2c1)C1CCC(F)(F)CC1. The van der Waals surface area contributed by atoms with Crippen LogP contribution in [0.15, 0.2) is 42.5 Å². The second-order valence-corrected chi connectivity index (χ2v) is 6.52. The minimum atomic E-state index is -2.72. The maximum atomic E-state index is 13.2. The molecule has 1 fully saturated rings. The molecule has 1 aliphatic carbocycles. The van der Waals surface area contributed by atoms with E-state index in [1.165, 1.54) is 0 Å². The highest BCUT2D eigenvalue weighted by Gasteiger charge is 2.38. The Labute approximate surface area is 143 Å². The number of fused-ring (bicyclic) bond motifs is 1. The van der Waals surface area contributed by atoms with Crippen LogP contribution in [-0.2, 0) is 9.59 Å². The first-order valence-electron chi connectivity index (χ1n) is 8.25. The third-order valence-electron chi connectivity index (χ3n) is 4.73. The average molecular weight is 347 g/mol. The third kappa shape index (κ3) is 3.95. The number of benzene rings is 2. The second kappa shape index (κ2) is 6.78. The van der Waals surface area contributed by atoms with Crippen molar-refractivity contribution in [3.63, 3.8) is 0 Å². The van der Waals surface area contributed by atoms with Gasteiger partial charge in [-0.05, 0) is 35.2 Å². The number of amides is 1. The van der Waals surface area contributed by atoms with Crippen LogP contribution in [0.5, 0.6) is 0 Å². The van der Waals surface area contributed by atoms with Crippen LogP contribution in [0.2, 0.25) is 0 Å². The van der Waals surface area contributed by atoms with Crippen LogP contribution in [0.4, 0.5) is 8.78 Å². The topological polar surface area (TPSA) is 66.4 Å². The Bertz CT molecular complexity index is 796. The standard InChI is InChI=1S/C19H19F2NO3/c20-19(21)9-7-13(8-10-19)17(23)22-16(18(24)25)15-6-5-12-3-1-2-4-14(12)11-15/h1-6,11,13,16H,7-10H2,(H,22,23)(H,24,25). The molecular weight excluding hydrogens is 328 g/mol. The van der Waals surface area contributed by atoms with Gasteiger partial charge in [0, 0.05) is 18.8 Å². The smallest absolute Gasteiger partial charge is 0.330 e. The summed E-state index contributed by atoms with van der Waals surface area (Å²) in [5, 5.41) is 13.8. The normalized spacial score (nSPS) is 18.6. The number of aliphatic carboxylic acids is 1. The van der Waals surface area contributed by atoms with Crippen molar-refractivity contribution in [2.45, 2.75) is 37.6 Å². The summed E-state index contributed by atoms with van der Waals surface area (Å²) in [5.41, 5.74) is 0.459. The Hall–Kier alpha value is -2.50. The van der Waals surface area contributed by atoms with Gasteiger partial charge in [0.05, 0.1) is 0 Å². The number of hydrogen-bond acceptors (Lipinski definition) is 2.